The first-order valence-electron chi connectivity index (χ1n) is 6.40. The van der Waals surface area contributed by atoms with E-state index in [2.05, 4.69) is 20.9 Å². The third kappa shape index (κ3) is 3.22. The van der Waals surface area contributed by atoms with Crippen molar-refractivity contribution in [3.8, 4) is 0 Å². The van der Waals surface area contributed by atoms with E-state index in [-0.39, 0.29) is 16.7 Å². The topological polar surface area (TPSA) is 85.3 Å². The molecule has 1 saturated heterocycles. The Bertz CT molecular complexity index is 467. The number of anilines is 1. The molecule has 1 atom stereocenters. The molecule has 1 unspecified atom stereocenters. The molecule has 2 N–H and O–H groups in total. The van der Waals surface area contributed by atoms with Gasteiger partial charge in [-0.2, -0.15) is 0 Å². The van der Waals surface area contributed by atoms with Crippen molar-refractivity contribution in [3.05, 3.63) is 26.9 Å². The lowest BCUT2D eigenvalue weighted by Gasteiger charge is -2.36. The zero-order chi connectivity index (χ0) is 13.8. The number of pyridine rings is 1. The predicted molar refractivity (Wildman–Crippen MR) is 77.2 cm³/mol. The van der Waals surface area contributed by atoms with Crippen molar-refractivity contribution in [2.24, 2.45) is 5.73 Å². The Hall–Kier alpha value is -1.21. The zero-order valence-electron chi connectivity index (χ0n) is 10.6. The van der Waals surface area contributed by atoms with Gasteiger partial charge in [0, 0.05) is 29.3 Å². The van der Waals surface area contributed by atoms with Crippen molar-refractivity contribution < 1.29 is 4.92 Å². The summed E-state index contributed by atoms with van der Waals surface area (Å²) in [6.07, 6.45) is 5.65. The van der Waals surface area contributed by atoms with Crippen LogP contribution in [0.2, 0.25) is 0 Å². The fraction of sp³-hybridized carbons (Fsp3) is 0.583. The summed E-state index contributed by atoms with van der Waals surface area (Å²) >= 11 is 3.23. The molecule has 0 radical (unpaired) electrons. The lowest BCUT2D eigenvalue weighted by Crippen LogP contribution is -2.41. The van der Waals surface area contributed by atoms with Crippen molar-refractivity contribution >= 4 is 27.4 Å². The number of halogens is 1. The monoisotopic (exact) mass is 328 g/mol. The van der Waals surface area contributed by atoms with Crippen molar-refractivity contribution in [1.29, 1.82) is 0 Å². The van der Waals surface area contributed by atoms with Gasteiger partial charge in [0.1, 0.15) is 0 Å². The summed E-state index contributed by atoms with van der Waals surface area (Å²) in [7, 11) is 0. The number of nitro groups is 1. The molecule has 104 valence electrons. The average molecular weight is 329 g/mol. The van der Waals surface area contributed by atoms with E-state index in [1.807, 2.05) is 4.90 Å². The van der Waals surface area contributed by atoms with Crippen molar-refractivity contribution in [1.82, 2.24) is 4.98 Å². The van der Waals surface area contributed by atoms with Crippen LogP contribution in [0.4, 0.5) is 11.5 Å². The van der Waals surface area contributed by atoms with Crippen LogP contribution in [0, 0.1) is 10.1 Å². The highest BCUT2D eigenvalue weighted by molar-refractivity contribution is 9.10. The summed E-state index contributed by atoms with van der Waals surface area (Å²) in [6, 6.07) is 1.77. The van der Waals surface area contributed by atoms with Gasteiger partial charge in [0.25, 0.3) is 0 Å². The number of piperidine rings is 1. The molecule has 1 aromatic rings. The maximum absolute atomic E-state index is 11.2. The molecule has 0 amide bonds. The molecule has 19 heavy (non-hydrogen) atoms. The number of aromatic nitrogens is 1. The van der Waals surface area contributed by atoms with E-state index in [4.69, 9.17) is 5.73 Å². The molecule has 0 aliphatic carbocycles. The molecule has 0 aromatic carbocycles. The highest BCUT2D eigenvalue weighted by Gasteiger charge is 2.29. The minimum absolute atomic E-state index is 0.0540. The van der Waals surface area contributed by atoms with E-state index in [0.717, 1.165) is 32.2 Å². The van der Waals surface area contributed by atoms with Gasteiger partial charge in [-0.05, 0) is 48.2 Å². The van der Waals surface area contributed by atoms with Crippen LogP contribution >= 0.6 is 15.9 Å². The highest BCUT2D eigenvalue weighted by Crippen LogP contribution is 2.33. The minimum Gasteiger partial charge on any atom is -0.348 e. The van der Waals surface area contributed by atoms with E-state index >= 15 is 0 Å². The molecule has 1 aliphatic heterocycles. The van der Waals surface area contributed by atoms with E-state index < -0.39 is 0 Å². The molecule has 1 aliphatic rings. The maximum Gasteiger partial charge on any atom is 0.312 e. The van der Waals surface area contributed by atoms with Gasteiger partial charge >= 0.3 is 5.69 Å². The smallest absolute Gasteiger partial charge is 0.312 e. The minimum atomic E-state index is -0.374. The number of hydrogen-bond donors (Lipinski definition) is 1. The molecular formula is C12H17BrN4O2. The Balaban J connectivity index is 2.35. The predicted octanol–water partition coefficient (Wildman–Crippen LogP) is 2.46. The fourth-order valence-corrected chi connectivity index (χ4v) is 2.87. The third-order valence-electron chi connectivity index (χ3n) is 3.41. The van der Waals surface area contributed by atoms with Crippen LogP contribution in [0.15, 0.2) is 16.7 Å². The van der Waals surface area contributed by atoms with Crippen LogP contribution in [-0.4, -0.2) is 29.0 Å². The molecular weight excluding hydrogens is 312 g/mol. The van der Waals surface area contributed by atoms with Crippen LogP contribution in [0.3, 0.4) is 0 Å². The van der Waals surface area contributed by atoms with Gasteiger partial charge in [-0.1, -0.05) is 0 Å². The van der Waals surface area contributed by atoms with E-state index in [1.165, 1.54) is 6.07 Å². The molecule has 2 heterocycles. The SMILES string of the molecule is NCCC1CCCCN1c1ncc(Br)cc1[N+](=O)[O-]. The summed E-state index contributed by atoms with van der Waals surface area (Å²) in [5.41, 5.74) is 5.69. The zero-order valence-corrected chi connectivity index (χ0v) is 12.2. The Morgan fingerprint density at radius 1 is 1.58 bits per heavy atom. The van der Waals surface area contributed by atoms with Crippen LogP contribution in [0.1, 0.15) is 25.7 Å². The second kappa shape index (κ2) is 6.29. The molecule has 7 heteroatoms. The molecule has 1 fully saturated rings. The van der Waals surface area contributed by atoms with E-state index in [9.17, 15) is 10.1 Å². The summed E-state index contributed by atoms with van der Waals surface area (Å²) in [4.78, 5) is 17.1. The maximum atomic E-state index is 11.2. The molecule has 0 spiro atoms. The van der Waals surface area contributed by atoms with Gasteiger partial charge in [0.05, 0.1) is 4.92 Å². The summed E-state index contributed by atoms with van der Waals surface area (Å²) < 4.78 is 0.621. The van der Waals surface area contributed by atoms with Gasteiger partial charge in [0.15, 0.2) is 0 Å². The van der Waals surface area contributed by atoms with Gasteiger partial charge in [-0.25, -0.2) is 4.98 Å². The first kappa shape index (κ1) is 14.2. The molecule has 2 rings (SSSR count). The lowest BCUT2D eigenvalue weighted by molar-refractivity contribution is -0.384. The van der Waals surface area contributed by atoms with Gasteiger partial charge in [-0.15, -0.1) is 0 Å². The number of hydrogen-bond acceptors (Lipinski definition) is 5. The standard InChI is InChI=1S/C12H17BrN4O2/c13-9-7-11(17(18)19)12(15-8-9)16-6-2-1-3-10(16)4-5-14/h7-8,10H,1-6,14H2. The lowest BCUT2D eigenvalue weighted by atomic mass is 9.99. The quantitative estimate of drug-likeness (QED) is 0.677. The first-order valence-corrected chi connectivity index (χ1v) is 7.19. The highest BCUT2D eigenvalue weighted by atomic mass is 79.9. The average Bonchev–Trinajstić information content (AvgIpc) is 2.40. The van der Waals surface area contributed by atoms with Crippen LogP contribution in [0.5, 0.6) is 0 Å². The summed E-state index contributed by atoms with van der Waals surface area (Å²) in [5.74, 6) is 0.464. The second-order valence-corrected chi connectivity index (χ2v) is 5.59. The molecule has 1 aromatic heterocycles. The molecule has 0 bridgehead atoms. The number of nitrogens with zero attached hydrogens (tertiary/aromatic N) is 3. The molecule has 0 saturated carbocycles. The van der Waals surface area contributed by atoms with Crippen LogP contribution < -0.4 is 10.6 Å². The van der Waals surface area contributed by atoms with Crippen LogP contribution in [-0.2, 0) is 0 Å². The third-order valence-corrected chi connectivity index (χ3v) is 3.84. The van der Waals surface area contributed by atoms with Crippen molar-refractivity contribution in [2.45, 2.75) is 31.7 Å². The first-order chi connectivity index (χ1) is 9.13. The molecule has 6 nitrogen and oxygen atoms in total. The Morgan fingerprint density at radius 3 is 3.05 bits per heavy atom. The van der Waals surface area contributed by atoms with E-state index in [0.29, 0.717) is 16.8 Å². The number of rotatable bonds is 4. The number of nitrogens with two attached hydrogens (primary N) is 1. The summed E-state index contributed by atoms with van der Waals surface area (Å²) in [6.45, 7) is 1.39. The van der Waals surface area contributed by atoms with Gasteiger partial charge < -0.3 is 10.6 Å². The largest absolute Gasteiger partial charge is 0.348 e. The Labute approximate surface area is 120 Å². The van der Waals surface area contributed by atoms with Crippen molar-refractivity contribution in [2.75, 3.05) is 18.0 Å². The van der Waals surface area contributed by atoms with Gasteiger partial charge in [0.2, 0.25) is 5.82 Å². The Morgan fingerprint density at radius 2 is 2.37 bits per heavy atom. The summed E-state index contributed by atoms with van der Waals surface area (Å²) in [5, 5.41) is 11.2. The fourth-order valence-electron chi connectivity index (χ4n) is 2.55. The van der Waals surface area contributed by atoms with Crippen molar-refractivity contribution in [3.63, 3.8) is 0 Å². The second-order valence-electron chi connectivity index (χ2n) is 4.67. The van der Waals surface area contributed by atoms with Crippen LogP contribution in [0.25, 0.3) is 0 Å². The normalized spacial score (nSPS) is 19.5. The van der Waals surface area contributed by atoms with Gasteiger partial charge in [-0.3, -0.25) is 10.1 Å². The van der Waals surface area contributed by atoms with E-state index in [1.54, 1.807) is 6.20 Å². The Kier molecular flexibility index (Phi) is 4.71.